The van der Waals surface area contributed by atoms with Gasteiger partial charge in [-0.25, -0.2) is 0 Å². The van der Waals surface area contributed by atoms with Gasteiger partial charge in [-0.15, -0.1) is 0 Å². The molecule has 0 radical (unpaired) electrons. The molecule has 1 nitrogen and oxygen atoms in total. The summed E-state index contributed by atoms with van der Waals surface area (Å²) < 4.78 is 112. The van der Waals surface area contributed by atoms with Crippen molar-refractivity contribution in [3.63, 3.8) is 0 Å². The minimum absolute atomic E-state index is 0.202. The Morgan fingerprint density at radius 1 is 0.447 bits per heavy atom. The summed E-state index contributed by atoms with van der Waals surface area (Å²) in [5.41, 5.74) is 0.239. The Kier molecular flexibility index (Phi) is 6.10. The van der Waals surface area contributed by atoms with Crippen molar-refractivity contribution in [3.8, 4) is 22.3 Å². The average Bonchev–Trinajstić information content (AvgIpc) is 3.05. The minimum atomic E-state index is -5.81. The SMILES string of the molecule is FC(F)(F)c1ccc(-c2ccc3ccc4c(-c5c6ccccc6c(C(F)(F)C(F)(F)F)c6ccccc56)ccc5ccc2c3c54)cn1. The lowest BCUT2D eigenvalue weighted by atomic mass is 9.83. The topological polar surface area (TPSA) is 12.9 Å². The van der Waals surface area contributed by atoms with Gasteiger partial charge in [0.25, 0.3) is 0 Å². The molecular weight excluding hydrogens is 622 g/mol. The van der Waals surface area contributed by atoms with E-state index in [2.05, 4.69) is 4.98 Å². The predicted octanol–water partition coefficient (Wildman–Crippen LogP) is 12.3. The van der Waals surface area contributed by atoms with Crippen LogP contribution in [0.2, 0.25) is 0 Å². The highest BCUT2D eigenvalue weighted by atomic mass is 19.4. The third-order valence-electron chi connectivity index (χ3n) is 8.90. The number of pyridine rings is 1. The van der Waals surface area contributed by atoms with Crippen molar-refractivity contribution in [3.05, 3.63) is 127 Å². The first-order chi connectivity index (χ1) is 22.4. The number of nitrogens with zero attached hydrogens (tertiary/aromatic N) is 1. The standard InChI is InChI=1S/C38H19F8N/c39-36(40,38(44,45)46)35-29-7-3-1-5-24(29)34(25-6-2-4-8-30(25)35)28-17-12-21-10-15-26-23(22-13-18-31(47-19-22)37(41,42)43)14-9-20-11-16-27(28)33(21)32(20)26/h1-19H. The van der Waals surface area contributed by atoms with E-state index >= 15 is 8.78 Å². The van der Waals surface area contributed by atoms with E-state index in [0.29, 0.717) is 22.3 Å². The van der Waals surface area contributed by atoms with Crippen molar-refractivity contribution in [2.45, 2.75) is 18.3 Å². The van der Waals surface area contributed by atoms with E-state index in [4.69, 9.17) is 0 Å². The molecule has 47 heavy (non-hydrogen) atoms. The van der Waals surface area contributed by atoms with E-state index in [1.165, 1.54) is 36.5 Å². The summed E-state index contributed by atoms with van der Waals surface area (Å²) in [6, 6.07) is 29.1. The summed E-state index contributed by atoms with van der Waals surface area (Å²) in [7, 11) is 0. The van der Waals surface area contributed by atoms with Crippen molar-refractivity contribution >= 4 is 53.9 Å². The molecule has 0 amide bonds. The molecule has 0 spiro atoms. The van der Waals surface area contributed by atoms with E-state index < -0.39 is 29.5 Å². The van der Waals surface area contributed by atoms with Crippen LogP contribution in [0.15, 0.2) is 115 Å². The van der Waals surface area contributed by atoms with E-state index in [0.717, 1.165) is 38.4 Å². The maximum Gasteiger partial charge on any atom is 0.458 e. The fourth-order valence-corrected chi connectivity index (χ4v) is 6.89. The van der Waals surface area contributed by atoms with Crippen LogP contribution in [0.25, 0.3) is 76.1 Å². The van der Waals surface area contributed by atoms with E-state index in [1.807, 2.05) is 48.5 Å². The van der Waals surface area contributed by atoms with Crippen LogP contribution in [0.3, 0.4) is 0 Å². The maximum atomic E-state index is 15.3. The summed E-state index contributed by atoms with van der Waals surface area (Å²) in [6.45, 7) is 0. The summed E-state index contributed by atoms with van der Waals surface area (Å²) in [6.07, 6.45) is -9.20. The van der Waals surface area contributed by atoms with Crippen LogP contribution in [-0.2, 0) is 12.1 Å². The Morgan fingerprint density at radius 2 is 0.936 bits per heavy atom. The molecule has 0 aliphatic carbocycles. The predicted molar refractivity (Wildman–Crippen MR) is 169 cm³/mol. The molecule has 8 aromatic rings. The Morgan fingerprint density at radius 3 is 1.43 bits per heavy atom. The van der Waals surface area contributed by atoms with Crippen molar-refractivity contribution in [2.24, 2.45) is 0 Å². The first-order valence-corrected chi connectivity index (χ1v) is 14.5. The smallest absolute Gasteiger partial charge is 0.251 e. The van der Waals surface area contributed by atoms with Crippen LogP contribution in [-0.4, -0.2) is 11.2 Å². The molecule has 0 atom stereocenters. The summed E-state index contributed by atoms with van der Waals surface area (Å²) in [4.78, 5) is 3.64. The van der Waals surface area contributed by atoms with Gasteiger partial charge in [0.05, 0.1) is 0 Å². The molecular formula is C38H19F8N. The Bertz CT molecular complexity index is 2450. The van der Waals surface area contributed by atoms with Crippen molar-refractivity contribution in [2.75, 3.05) is 0 Å². The fraction of sp³-hybridized carbons (Fsp3) is 0.0789. The molecule has 8 rings (SSSR count). The van der Waals surface area contributed by atoms with Gasteiger partial charge in [-0.1, -0.05) is 103 Å². The van der Waals surface area contributed by atoms with Gasteiger partial charge < -0.3 is 0 Å². The molecule has 0 saturated carbocycles. The minimum Gasteiger partial charge on any atom is -0.251 e. The largest absolute Gasteiger partial charge is 0.458 e. The quantitative estimate of drug-likeness (QED) is 0.106. The van der Waals surface area contributed by atoms with E-state index in [-0.39, 0.29) is 21.5 Å². The molecule has 0 aliphatic rings. The van der Waals surface area contributed by atoms with Gasteiger partial charge in [0.2, 0.25) is 0 Å². The third kappa shape index (κ3) is 4.25. The van der Waals surface area contributed by atoms with Gasteiger partial charge >= 0.3 is 18.3 Å². The summed E-state index contributed by atoms with van der Waals surface area (Å²) in [5, 5.41) is 5.01. The molecule has 0 fully saturated rings. The van der Waals surface area contributed by atoms with Gasteiger partial charge in [-0.05, 0) is 76.6 Å². The van der Waals surface area contributed by atoms with Gasteiger partial charge in [0, 0.05) is 17.3 Å². The lowest BCUT2D eigenvalue weighted by Gasteiger charge is -2.25. The number of fused-ring (bicyclic) bond motifs is 2. The molecule has 1 aromatic heterocycles. The average molecular weight is 642 g/mol. The molecule has 1 heterocycles. The molecule has 0 unspecified atom stereocenters. The molecule has 7 aromatic carbocycles. The zero-order valence-corrected chi connectivity index (χ0v) is 23.9. The molecule has 0 saturated heterocycles. The normalized spacial score (nSPS) is 13.1. The number of alkyl halides is 8. The maximum absolute atomic E-state index is 15.3. The number of halogens is 8. The lowest BCUT2D eigenvalue weighted by molar-refractivity contribution is -0.288. The second kappa shape index (κ2) is 9.84. The summed E-state index contributed by atoms with van der Waals surface area (Å²) >= 11 is 0. The van der Waals surface area contributed by atoms with Crippen molar-refractivity contribution in [1.29, 1.82) is 0 Å². The highest BCUT2D eigenvalue weighted by Gasteiger charge is 2.60. The second-order valence-corrected chi connectivity index (χ2v) is 11.5. The van der Waals surface area contributed by atoms with Gasteiger partial charge in [0.15, 0.2) is 0 Å². The molecule has 0 aliphatic heterocycles. The zero-order valence-electron chi connectivity index (χ0n) is 23.9. The Hall–Kier alpha value is -5.31. The van der Waals surface area contributed by atoms with Crippen LogP contribution < -0.4 is 0 Å². The summed E-state index contributed by atoms with van der Waals surface area (Å²) in [5.74, 6) is -5.11. The van der Waals surface area contributed by atoms with Crippen molar-refractivity contribution < 1.29 is 35.1 Å². The van der Waals surface area contributed by atoms with Crippen LogP contribution >= 0.6 is 0 Å². The molecule has 0 bridgehead atoms. The molecule has 0 N–H and O–H groups in total. The van der Waals surface area contributed by atoms with Crippen LogP contribution in [0.4, 0.5) is 35.1 Å². The first kappa shape index (κ1) is 29.1. The van der Waals surface area contributed by atoms with Gasteiger partial charge in [-0.2, -0.15) is 35.1 Å². The third-order valence-corrected chi connectivity index (χ3v) is 8.90. The monoisotopic (exact) mass is 641 g/mol. The second-order valence-electron chi connectivity index (χ2n) is 11.5. The van der Waals surface area contributed by atoms with Crippen molar-refractivity contribution in [1.82, 2.24) is 4.98 Å². The molecule has 9 heteroatoms. The number of hydrogen-bond donors (Lipinski definition) is 0. The first-order valence-electron chi connectivity index (χ1n) is 14.5. The Balaban J connectivity index is 1.45. The van der Waals surface area contributed by atoms with Crippen LogP contribution in [0.1, 0.15) is 11.3 Å². The van der Waals surface area contributed by atoms with Crippen LogP contribution in [0, 0.1) is 0 Å². The lowest BCUT2D eigenvalue weighted by Crippen LogP contribution is -2.34. The number of aromatic nitrogens is 1. The number of rotatable bonds is 3. The van der Waals surface area contributed by atoms with E-state index in [1.54, 1.807) is 24.3 Å². The highest BCUT2D eigenvalue weighted by molar-refractivity contribution is 6.29. The highest BCUT2D eigenvalue weighted by Crippen LogP contribution is 2.52. The number of hydrogen-bond acceptors (Lipinski definition) is 1. The zero-order chi connectivity index (χ0) is 32.9. The van der Waals surface area contributed by atoms with Gasteiger partial charge in [0.1, 0.15) is 5.69 Å². The number of benzene rings is 7. The van der Waals surface area contributed by atoms with Gasteiger partial charge in [-0.3, -0.25) is 4.98 Å². The van der Waals surface area contributed by atoms with E-state index in [9.17, 15) is 26.3 Å². The Labute approximate surface area is 261 Å². The van der Waals surface area contributed by atoms with Crippen LogP contribution in [0.5, 0.6) is 0 Å². The fourth-order valence-electron chi connectivity index (χ4n) is 6.89. The molecule has 232 valence electrons.